The molecule has 0 fully saturated rings. The number of benzene rings is 8. The van der Waals surface area contributed by atoms with E-state index in [-0.39, 0.29) is 0 Å². The Morgan fingerprint density at radius 3 is 1.72 bits per heavy atom. The van der Waals surface area contributed by atoms with Gasteiger partial charge in [0.25, 0.3) is 0 Å². The van der Waals surface area contributed by atoms with Crippen LogP contribution in [0.15, 0.2) is 186 Å². The summed E-state index contributed by atoms with van der Waals surface area (Å²) in [5.74, 6) is 1.83. The minimum atomic E-state index is 0.588. The van der Waals surface area contributed by atoms with Crippen molar-refractivity contribution in [2.45, 2.75) is 0 Å². The van der Waals surface area contributed by atoms with Crippen molar-refractivity contribution in [3.63, 3.8) is 0 Å². The number of hydrogen-bond donors (Lipinski definition) is 0. The zero-order chi connectivity index (χ0) is 37.5. The molecule has 8 aromatic carbocycles. The molecule has 0 N–H and O–H groups in total. The van der Waals surface area contributed by atoms with Gasteiger partial charge in [0.05, 0.1) is 16.7 Å². The lowest BCUT2D eigenvalue weighted by atomic mass is 10.0. The molecule has 0 spiro atoms. The van der Waals surface area contributed by atoms with Gasteiger partial charge in [-0.05, 0) is 53.6 Å². The fourth-order valence-corrected chi connectivity index (χ4v) is 9.65. The molecule has 0 radical (unpaired) electrons. The van der Waals surface area contributed by atoms with Gasteiger partial charge in [0.15, 0.2) is 23.1 Å². The maximum Gasteiger partial charge on any atom is 0.164 e. The van der Waals surface area contributed by atoms with Crippen molar-refractivity contribution in [3.8, 4) is 51.0 Å². The molecule has 266 valence electrons. The van der Waals surface area contributed by atoms with Crippen molar-refractivity contribution >= 4 is 75.3 Å². The second-order valence-electron chi connectivity index (χ2n) is 14.4. The van der Waals surface area contributed by atoms with Crippen LogP contribution < -0.4 is 0 Å². The summed E-state index contributed by atoms with van der Waals surface area (Å²) in [6.45, 7) is 0. The third-order valence-corrected chi connectivity index (χ3v) is 12.2. The van der Waals surface area contributed by atoms with Crippen molar-refractivity contribution in [2.24, 2.45) is 0 Å². The first-order valence-corrected chi connectivity index (χ1v) is 19.8. The molecule has 0 aliphatic heterocycles. The molecular formula is C51H30N4OS. The second-order valence-corrected chi connectivity index (χ2v) is 15.4. The van der Waals surface area contributed by atoms with E-state index in [4.69, 9.17) is 19.4 Å². The molecule has 4 heterocycles. The van der Waals surface area contributed by atoms with Crippen LogP contribution in [0.2, 0.25) is 0 Å². The smallest absolute Gasteiger partial charge is 0.164 e. The lowest BCUT2D eigenvalue weighted by molar-refractivity contribution is 0.666. The van der Waals surface area contributed by atoms with Crippen LogP contribution in [0.25, 0.3) is 115 Å². The van der Waals surface area contributed by atoms with E-state index < -0.39 is 0 Å². The first-order chi connectivity index (χ1) is 28.2. The second kappa shape index (κ2) is 12.6. The SMILES string of the molecule is c1ccc(-c2cc(-n3c4ccccc4c4c5sc6ccccc6c5ccc43)c3oc4cc(-c5nc(-c6ccccc6)nc(-c6ccccc6)n5)ccc4c3c2)cc1. The molecule has 0 atom stereocenters. The summed E-state index contributed by atoms with van der Waals surface area (Å²) in [5.41, 5.74) is 9.85. The van der Waals surface area contributed by atoms with E-state index in [2.05, 4.69) is 126 Å². The predicted molar refractivity (Wildman–Crippen MR) is 236 cm³/mol. The van der Waals surface area contributed by atoms with Gasteiger partial charge in [0.1, 0.15) is 5.58 Å². The summed E-state index contributed by atoms with van der Waals surface area (Å²) in [6.07, 6.45) is 0. The van der Waals surface area contributed by atoms with Gasteiger partial charge in [-0.25, -0.2) is 15.0 Å². The third kappa shape index (κ3) is 5.04. The van der Waals surface area contributed by atoms with Gasteiger partial charge in [-0.3, -0.25) is 0 Å². The van der Waals surface area contributed by atoms with E-state index in [1.165, 1.54) is 30.9 Å². The number of nitrogens with zero attached hydrogens (tertiary/aromatic N) is 4. The summed E-state index contributed by atoms with van der Waals surface area (Å²) < 4.78 is 12.0. The standard InChI is InChI=1S/C51H30N4OS/c1-4-14-31(15-5-1)35-28-40-36-25-24-34(51-53-49(32-16-6-2-7-17-32)52-50(54-51)33-18-8-3-9-19-33)30-44(36)56-47(40)43(29-35)55-41-22-12-10-21-39(41)46-42(55)27-26-38-37-20-11-13-23-45(37)57-48(38)46/h1-30H. The largest absolute Gasteiger partial charge is 0.454 e. The van der Waals surface area contributed by atoms with Crippen molar-refractivity contribution in [1.29, 1.82) is 0 Å². The fourth-order valence-electron chi connectivity index (χ4n) is 8.39. The molecular weight excluding hydrogens is 717 g/mol. The Balaban J connectivity index is 1.12. The van der Waals surface area contributed by atoms with Crippen LogP contribution in [0.5, 0.6) is 0 Å². The maximum absolute atomic E-state index is 7.03. The van der Waals surface area contributed by atoms with E-state index in [1.54, 1.807) is 0 Å². The molecule has 0 aliphatic rings. The number of aromatic nitrogens is 4. The molecule has 0 bridgehead atoms. The Bertz CT molecular complexity index is 3460. The number of thiophene rings is 1. The Morgan fingerprint density at radius 1 is 0.404 bits per heavy atom. The average Bonchev–Trinajstić information content (AvgIpc) is 3.96. The van der Waals surface area contributed by atoms with Crippen LogP contribution in [0.4, 0.5) is 0 Å². The molecule has 4 aromatic heterocycles. The zero-order valence-electron chi connectivity index (χ0n) is 30.4. The highest BCUT2D eigenvalue weighted by molar-refractivity contribution is 7.26. The van der Waals surface area contributed by atoms with E-state index in [0.717, 1.165) is 66.5 Å². The molecule has 12 aromatic rings. The highest BCUT2D eigenvalue weighted by Crippen LogP contribution is 2.46. The van der Waals surface area contributed by atoms with E-state index in [0.29, 0.717) is 17.5 Å². The predicted octanol–water partition coefficient (Wildman–Crippen LogP) is 13.9. The Labute approximate surface area is 330 Å². The minimum absolute atomic E-state index is 0.588. The van der Waals surface area contributed by atoms with E-state index in [1.807, 2.05) is 72.0 Å². The van der Waals surface area contributed by atoms with Crippen LogP contribution in [-0.4, -0.2) is 19.5 Å². The van der Waals surface area contributed by atoms with Gasteiger partial charge in [0, 0.05) is 58.4 Å². The summed E-state index contributed by atoms with van der Waals surface area (Å²) in [4.78, 5) is 14.9. The molecule has 0 unspecified atom stereocenters. The topological polar surface area (TPSA) is 56.7 Å². The van der Waals surface area contributed by atoms with Crippen molar-refractivity contribution in [3.05, 3.63) is 182 Å². The Morgan fingerprint density at radius 2 is 1.00 bits per heavy atom. The van der Waals surface area contributed by atoms with Gasteiger partial charge >= 0.3 is 0 Å². The quantitative estimate of drug-likeness (QED) is 0.176. The average molecular weight is 747 g/mol. The summed E-state index contributed by atoms with van der Waals surface area (Å²) in [5, 5.41) is 7.14. The van der Waals surface area contributed by atoms with Gasteiger partial charge in [-0.15, -0.1) is 11.3 Å². The summed E-state index contributed by atoms with van der Waals surface area (Å²) in [7, 11) is 0. The Kier molecular flexibility index (Phi) is 7.03. The third-order valence-electron chi connectivity index (χ3n) is 11.0. The van der Waals surface area contributed by atoms with Crippen LogP contribution in [-0.2, 0) is 0 Å². The van der Waals surface area contributed by atoms with Crippen molar-refractivity contribution in [2.75, 3.05) is 0 Å². The van der Waals surface area contributed by atoms with Crippen LogP contribution >= 0.6 is 11.3 Å². The van der Waals surface area contributed by atoms with Crippen LogP contribution in [0.1, 0.15) is 0 Å². The molecule has 0 saturated carbocycles. The zero-order valence-corrected chi connectivity index (χ0v) is 31.2. The van der Waals surface area contributed by atoms with Crippen molar-refractivity contribution < 1.29 is 4.42 Å². The highest BCUT2D eigenvalue weighted by atomic mass is 32.1. The normalized spacial score (nSPS) is 11.9. The monoisotopic (exact) mass is 746 g/mol. The van der Waals surface area contributed by atoms with Gasteiger partial charge in [-0.2, -0.15) is 0 Å². The number of fused-ring (bicyclic) bond motifs is 10. The molecule has 12 rings (SSSR count). The highest BCUT2D eigenvalue weighted by Gasteiger charge is 2.22. The van der Waals surface area contributed by atoms with Crippen LogP contribution in [0.3, 0.4) is 0 Å². The van der Waals surface area contributed by atoms with E-state index in [9.17, 15) is 0 Å². The molecule has 0 amide bonds. The lowest BCUT2D eigenvalue weighted by Crippen LogP contribution is -2.00. The van der Waals surface area contributed by atoms with Gasteiger partial charge in [0.2, 0.25) is 0 Å². The molecule has 57 heavy (non-hydrogen) atoms. The van der Waals surface area contributed by atoms with Gasteiger partial charge < -0.3 is 8.98 Å². The number of para-hydroxylation sites is 1. The lowest BCUT2D eigenvalue weighted by Gasteiger charge is -2.12. The fraction of sp³-hybridized carbons (Fsp3) is 0. The molecule has 0 saturated heterocycles. The van der Waals surface area contributed by atoms with Crippen molar-refractivity contribution in [1.82, 2.24) is 19.5 Å². The molecule has 5 nitrogen and oxygen atoms in total. The minimum Gasteiger partial charge on any atom is -0.454 e. The summed E-state index contributed by atoms with van der Waals surface area (Å²) in [6, 6.07) is 63.7. The number of hydrogen-bond acceptors (Lipinski definition) is 5. The maximum atomic E-state index is 7.03. The molecule has 6 heteroatoms. The van der Waals surface area contributed by atoms with Gasteiger partial charge in [-0.1, -0.05) is 140 Å². The number of furan rings is 1. The Hall–Kier alpha value is -7.41. The first-order valence-electron chi connectivity index (χ1n) is 19.0. The van der Waals surface area contributed by atoms with E-state index >= 15 is 0 Å². The molecule has 0 aliphatic carbocycles. The number of rotatable bonds is 5. The first kappa shape index (κ1) is 31.9. The summed E-state index contributed by atoms with van der Waals surface area (Å²) >= 11 is 1.87. The van der Waals surface area contributed by atoms with Crippen LogP contribution in [0, 0.1) is 0 Å².